The molecule has 0 aliphatic carbocycles. The van der Waals surface area contributed by atoms with Gasteiger partial charge in [-0.3, -0.25) is 0 Å². The smallest absolute Gasteiger partial charge is 0.00913 e. The molecular weight excluding hydrogens is 150 g/mol. The molecule has 0 aromatic rings. The quantitative estimate of drug-likeness (QED) is 0.628. The average molecular weight is 171 g/mol. The molecule has 3 nitrogen and oxygen atoms in total. The molecule has 1 aliphatic rings. The third kappa shape index (κ3) is 2.73. The molecule has 2 unspecified atom stereocenters. The zero-order valence-electron chi connectivity index (χ0n) is 8.00. The van der Waals surface area contributed by atoms with Gasteiger partial charge in [0.15, 0.2) is 0 Å². The van der Waals surface area contributed by atoms with E-state index in [4.69, 9.17) is 11.5 Å². The molecule has 0 bridgehead atoms. The molecule has 1 rings (SSSR count). The first kappa shape index (κ1) is 9.96. The van der Waals surface area contributed by atoms with Crippen molar-refractivity contribution in [3.63, 3.8) is 0 Å². The van der Waals surface area contributed by atoms with Gasteiger partial charge >= 0.3 is 0 Å². The van der Waals surface area contributed by atoms with Crippen LogP contribution in [-0.2, 0) is 0 Å². The molecule has 1 saturated heterocycles. The second kappa shape index (κ2) is 4.80. The topological polar surface area (TPSA) is 55.3 Å². The zero-order valence-corrected chi connectivity index (χ0v) is 8.00. The van der Waals surface area contributed by atoms with Crippen LogP contribution in [0.5, 0.6) is 0 Å². The number of hydrogen-bond donors (Lipinski definition) is 2. The average Bonchev–Trinajstić information content (AvgIpc) is 2.05. The van der Waals surface area contributed by atoms with E-state index in [0.717, 1.165) is 19.5 Å². The molecule has 1 aliphatic heterocycles. The lowest BCUT2D eigenvalue weighted by Crippen LogP contribution is -2.42. The van der Waals surface area contributed by atoms with Crippen molar-refractivity contribution in [1.82, 2.24) is 4.90 Å². The molecule has 4 N–H and O–H groups in total. The first-order valence-corrected chi connectivity index (χ1v) is 4.88. The van der Waals surface area contributed by atoms with Crippen molar-refractivity contribution in [3.8, 4) is 0 Å². The molecule has 0 aromatic carbocycles. The van der Waals surface area contributed by atoms with Crippen LogP contribution in [0.3, 0.4) is 0 Å². The first-order valence-electron chi connectivity index (χ1n) is 4.88. The molecular formula is C9H21N3. The monoisotopic (exact) mass is 171 g/mol. The zero-order chi connectivity index (χ0) is 8.97. The normalized spacial score (nSPS) is 28.8. The van der Waals surface area contributed by atoms with E-state index in [2.05, 4.69) is 11.9 Å². The Hall–Kier alpha value is -0.120. The predicted octanol–water partition coefficient (Wildman–Crippen LogP) is 0.00430. The van der Waals surface area contributed by atoms with E-state index in [-0.39, 0.29) is 0 Å². The Balaban J connectivity index is 2.29. The fraction of sp³-hybridized carbons (Fsp3) is 1.00. The number of likely N-dealkylation sites (tertiary alicyclic amines) is 1. The summed E-state index contributed by atoms with van der Waals surface area (Å²) in [6.45, 7) is 3.11. The highest BCUT2D eigenvalue weighted by Gasteiger charge is 2.22. The predicted molar refractivity (Wildman–Crippen MR) is 51.9 cm³/mol. The molecule has 0 radical (unpaired) electrons. The van der Waals surface area contributed by atoms with Gasteiger partial charge in [-0.05, 0) is 45.3 Å². The maximum Gasteiger partial charge on any atom is 0.00913 e. The van der Waals surface area contributed by atoms with Crippen LogP contribution >= 0.6 is 0 Å². The van der Waals surface area contributed by atoms with Crippen LogP contribution in [0.1, 0.15) is 19.3 Å². The molecule has 1 heterocycles. The first-order chi connectivity index (χ1) is 5.74. The molecule has 1 fully saturated rings. The number of piperidine rings is 1. The van der Waals surface area contributed by atoms with Crippen molar-refractivity contribution < 1.29 is 0 Å². The van der Waals surface area contributed by atoms with Gasteiger partial charge in [0.25, 0.3) is 0 Å². The molecule has 0 saturated carbocycles. The number of nitrogens with zero attached hydrogens (tertiary/aromatic N) is 1. The summed E-state index contributed by atoms with van der Waals surface area (Å²) in [6, 6.07) is 0.317. The maximum absolute atomic E-state index is 6.01. The summed E-state index contributed by atoms with van der Waals surface area (Å²) in [5.41, 5.74) is 11.5. The second-order valence-corrected chi connectivity index (χ2v) is 3.91. The van der Waals surface area contributed by atoms with Gasteiger partial charge < -0.3 is 16.4 Å². The van der Waals surface area contributed by atoms with E-state index in [1.165, 1.54) is 19.4 Å². The Labute approximate surface area is 75.1 Å². The van der Waals surface area contributed by atoms with Crippen molar-refractivity contribution in [3.05, 3.63) is 0 Å². The van der Waals surface area contributed by atoms with Crippen molar-refractivity contribution in [2.24, 2.45) is 17.4 Å². The van der Waals surface area contributed by atoms with E-state index in [1.807, 2.05) is 0 Å². The standard InChI is InChI=1S/C9H21N3/c1-12-6-2-3-8(7-12)9(11)4-5-10/h8-9H,2-7,10-11H2,1H3. The minimum atomic E-state index is 0.317. The van der Waals surface area contributed by atoms with Gasteiger partial charge in [-0.1, -0.05) is 0 Å². The van der Waals surface area contributed by atoms with Gasteiger partial charge in [0, 0.05) is 12.6 Å². The highest BCUT2D eigenvalue weighted by molar-refractivity contribution is 4.79. The molecule has 12 heavy (non-hydrogen) atoms. The van der Waals surface area contributed by atoms with Gasteiger partial charge in [-0.15, -0.1) is 0 Å². The fourth-order valence-corrected chi connectivity index (χ4v) is 1.98. The lowest BCUT2D eigenvalue weighted by atomic mass is 9.90. The summed E-state index contributed by atoms with van der Waals surface area (Å²) < 4.78 is 0. The number of nitrogens with two attached hydrogens (primary N) is 2. The number of hydrogen-bond acceptors (Lipinski definition) is 3. The molecule has 72 valence electrons. The summed E-state index contributed by atoms with van der Waals surface area (Å²) >= 11 is 0. The molecule has 3 heteroatoms. The Bertz CT molecular complexity index is 127. The van der Waals surface area contributed by atoms with Crippen molar-refractivity contribution in [2.45, 2.75) is 25.3 Å². The lowest BCUT2D eigenvalue weighted by molar-refractivity contribution is 0.185. The van der Waals surface area contributed by atoms with Crippen molar-refractivity contribution in [2.75, 3.05) is 26.7 Å². The van der Waals surface area contributed by atoms with Gasteiger partial charge in [0.1, 0.15) is 0 Å². The van der Waals surface area contributed by atoms with Crippen molar-refractivity contribution in [1.29, 1.82) is 0 Å². The van der Waals surface area contributed by atoms with E-state index in [1.54, 1.807) is 0 Å². The van der Waals surface area contributed by atoms with Crippen LogP contribution < -0.4 is 11.5 Å². The number of rotatable bonds is 3. The maximum atomic E-state index is 6.01. The van der Waals surface area contributed by atoms with Crippen LogP contribution in [0.2, 0.25) is 0 Å². The summed E-state index contributed by atoms with van der Waals surface area (Å²) in [4.78, 5) is 2.37. The summed E-state index contributed by atoms with van der Waals surface area (Å²) in [7, 11) is 2.17. The fourth-order valence-electron chi connectivity index (χ4n) is 1.98. The Morgan fingerprint density at radius 2 is 2.33 bits per heavy atom. The van der Waals surface area contributed by atoms with E-state index in [9.17, 15) is 0 Å². The van der Waals surface area contributed by atoms with Crippen LogP contribution in [-0.4, -0.2) is 37.6 Å². The summed E-state index contributed by atoms with van der Waals surface area (Å²) in [6.07, 6.45) is 3.55. The van der Waals surface area contributed by atoms with E-state index in [0.29, 0.717) is 12.0 Å². The minimum Gasteiger partial charge on any atom is -0.330 e. The van der Waals surface area contributed by atoms with Crippen LogP contribution in [0.15, 0.2) is 0 Å². The highest BCUT2D eigenvalue weighted by Crippen LogP contribution is 2.18. The van der Waals surface area contributed by atoms with Crippen LogP contribution in [0.25, 0.3) is 0 Å². The Morgan fingerprint density at radius 1 is 1.58 bits per heavy atom. The SMILES string of the molecule is CN1CCCC(C(N)CCN)C1. The largest absolute Gasteiger partial charge is 0.330 e. The molecule has 0 aromatic heterocycles. The van der Waals surface area contributed by atoms with Gasteiger partial charge in [-0.2, -0.15) is 0 Å². The Kier molecular flexibility index (Phi) is 3.98. The molecule has 0 amide bonds. The molecule has 2 atom stereocenters. The van der Waals surface area contributed by atoms with Crippen molar-refractivity contribution >= 4 is 0 Å². The highest BCUT2D eigenvalue weighted by atomic mass is 15.1. The lowest BCUT2D eigenvalue weighted by Gasteiger charge is -2.33. The third-order valence-electron chi connectivity index (χ3n) is 2.77. The minimum absolute atomic E-state index is 0.317. The molecule has 0 spiro atoms. The van der Waals surface area contributed by atoms with Crippen LogP contribution in [0, 0.1) is 5.92 Å². The summed E-state index contributed by atoms with van der Waals surface area (Å²) in [5, 5.41) is 0. The second-order valence-electron chi connectivity index (χ2n) is 3.91. The van der Waals surface area contributed by atoms with Gasteiger partial charge in [-0.25, -0.2) is 0 Å². The van der Waals surface area contributed by atoms with Gasteiger partial charge in [0.2, 0.25) is 0 Å². The van der Waals surface area contributed by atoms with E-state index < -0.39 is 0 Å². The summed E-state index contributed by atoms with van der Waals surface area (Å²) in [5.74, 6) is 0.673. The van der Waals surface area contributed by atoms with Gasteiger partial charge in [0.05, 0.1) is 0 Å². The van der Waals surface area contributed by atoms with Crippen LogP contribution in [0.4, 0.5) is 0 Å². The third-order valence-corrected chi connectivity index (χ3v) is 2.77. The Morgan fingerprint density at radius 3 is 2.92 bits per heavy atom. The van der Waals surface area contributed by atoms with E-state index >= 15 is 0 Å².